The molecule has 3 heterocycles. The minimum absolute atomic E-state index is 0.458. The van der Waals surface area contributed by atoms with Crippen LogP contribution in [0.1, 0.15) is 0 Å². The molecule has 27 heavy (non-hydrogen) atoms. The highest BCUT2D eigenvalue weighted by Gasteiger charge is 2.12. The quantitative estimate of drug-likeness (QED) is 0.566. The van der Waals surface area contributed by atoms with Crippen molar-refractivity contribution in [2.24, 2.45) is 0 Å². The van der Waals surface area contributed by atoms with Gasteiger partial charge in [-0.3, -0.25) is 0 Å². The summed E-state index contributed by atoms with van der Waals surface area (Å²) >= 11 is 0. The van der Waals surface area contributed by atoms with Gasteiger partial charge in [0.2, 0.25) is 5.88 Å². The molecule has 0 unspecified atom stereocenters. The zero-order valence-corrected chi connectivity index (χ0v) is 14.3. The third-order valence-electron chi connectivity index (χ3n) is 4.20. The lowest BCUT2D eigenvalue weighted by atomic mass is 10.2. The van der Waals surface area contributed by atoms with E-state index in [9.17, 15) is 0 Å². The average Bonchev–Trinajstić information content (AvgIpc) is 3.16. The van der Waals surface area contributed by atoms with E-state index in [0.717, 1.165) is 28.1 Å². The second kappa shape index (κ2) is 6.53. The molecular formula is C20H16N4O3. The van der Waals surface area contributed by atoms with E-state index >= 15 is 0 Å². The van der Waals surface area contributed by atoms with Crippen LogP contribution in [-0.4, -0.2) is 28.2 Å². The zero-order valence-electron chi connectivity index (χ0n) is 14.3. The number of hydrogen-bond acceptors (Lipinski definition) is 6. The molecule has 1 aliphatic rings. The fourth-order valence-electron chi connectivity index (χ4n) is 2.95. The van der Waals surface area contributed by atoms with Crippen LogP contribution in [0.2, 0.25) is 0 Å². The molecule has 5 rings (SSSR count). The van der Waals surface area contributed by atoms with E-state index in [1.807, 2.05) is 48.7 Å². The number of aromatic amines is 1. The highest BCUT2D eigenvalue weighted by atomic mass is 16.6. The van der Waals surface area contributed by atoms with Gasteiger partial charge in [0.15, 0.2) is 11.5 Å². The van der Waals surface area contributed by atoms with Crippen molar-refractivity contribution in [2.45, 2.75) is 0 Å². The Bertz CT molecular complexity index is 1110. The van der Waals surface area contributed by atoms with Crippen LogP contribution < -0.4 is 19.5 Å². The molecule has 0 spiro atoms. The lowest BCUT2D eigenvalue weighted by Gasteiger charge is -2.19. The first kappa shape index (κ1) is 15.5. The molecule has 0 radical (unpaired) electrons. The maximum Gasteiger partial charge on any atom is 0.224 e. The molecule has 0 fully saturated rings. The molecular weight excluding hydrogens is 344 g/mol. The fraction of sp³-hybridized carbons (Fsp3) is 0.100. The minimum Gasteiger partial charge on any atom is -0.486 e. The summed E-state index contributed by atoms with van der Waals surface area (Å²) in [6, 6.07) is 15.3. The van der Waals surface area contributed by atoms with E-state index in [-0.39, 0.29) is 0 Å². The van der Waals surface area contributed by atoms with Crippen LogP contribution in [0.25, 0.3) is 10.9 Å². The highest BCUT2D eigenvalue weighted by molar-refractivity contribution is 5.80. The molecule has 4 aromatic rings. The van der Waals surface area contributed by atoms with Crippen molar-refractivity contribution in [1.82, 2.24) is 15.0 Å². The number of nitrogens with one attached hydrogen (secondary N) is 2. The first-order valence-electron chi connectivity index (χ1n) is 8.57. The number of rotatable bonds is 4. The third kappa shape index (κ3) is 3.22. The van der Waals surface area contributed by atoms with Crippen molar-refractivity contribution in [1.29, 1.82) is 0 Å². The maximum absolute atomic E-state index is 5.88. The number of nitrogens with zero attached hydrogens (tertiary/aromatic N) is 2. The second-order valence-corrected chi connectivity index (χ2v) is 6.05. The van der Waals surface area contributed by atoms with Gasteiger partial charge in [-0.1, -0.05) is 0 Å². The van der Waals surface area contributed by atoms with Crippen LogP contribution in [0.5, 0.6) is 23.1 Å². The van der Waals surface area contributed by atoms with Crippen LogP contribution in [0, 0.1) is 0 Å². The van der Waals surface area contributed by atoms with Gasteiger partial charge in [-0.25, -0.2) is 9.97 Å². The lowest BCUT2D eigenvalue weighted by Crippen LogP contribution is -2.15. The Kier molecular flexibility index (Phi) is 3.75. The average molecular weight is 360 g/mol. The van der Waals surface area contributed by atoms with Crippen molar-refractivity contribution in [3.05, 3.63) is 61.1 Å². The summed E-state index contributed by atoms with van der Waals surface area (Å²) in [5.41, 5.74) is 1.91. The van der Waals surface area contributed by atoms with Gasteiger partial charge >= 0.3 is 0 Å². The predicted molar refractivity (Wildman–Crippen MR) is 101 cm³/mol. The van der Waals surface area contributed by atoms with Crippen LogP contribution in [0.4, 0.5) is 11.5 Å². The molecule has 134 valence electrons. The van der Waals surface area contributed by atoms with Gasteiger partial charge in [-0.15, -0.1) is 0 Å². The van der Waals surface area contributed by atoms with Crippen molar-refractivity contribution in [3.8, 4) is 23.1 Å². The maximum atomic E-state index is 5.88. The Morgan fingerprint density at radius 1 is 0.926 bits per heavy atom. The third-order valence-corrected chi connectivity index (χ3v) is 4.20. The Labute approximate surface area is 154 Å². The minimum atomic E-state index is 0.458. The molecule has 2 aromatic heterocycles. The number of anilines is 2. The summed E-state index contributed by atoms with van der Waals surface area (Å²) in [5.74, 6) is 3.26. The van der Waals surface area contributed by atoms with E-state index in [1.54, 1.807) is 6.07 Å². The molecule has 2 aromatic carbocycles. The van der Waals surface area contributed by atoms with Gasteiger partial charge in [0.1, 0.15) is 31.1 Å². The molecule has 0 aliphatic carbocycles. The number of ether oxygens (including phenoxy) is 3. The van der Waals surface area contributed by atoms with Crippen molar-refractivity contribution >= 4 is 22.4 Å². The molecule has 0 amide bonds. The Morgan fingerprint density at radius 3 is 2.81 bits per heavy atom. The van der Waals surface area contributed by atoms with Crippen molar-refractivity contribution in [2.75, 3.05) is 18.5 Å². The van der Waals surface area contributed by atoms with Gasteiger partial charge < -0.3 is 24.5 Å². The van der Waals surface area contributed by atoms with E-state index in [1.165, 1.54) is 6.33 Å². The summed E-state index contributed by atoms with van der Waals surface area (Å²) < 4.78 is 17.0. The smallest absolute Gasteiger partial charge is 0.224 e. The van der Waals surface area contributed by atoms with E-state index in [2.05, 4.69) is 20.3 Å². The molecule has 2 N–H and O–H groups in total. The highest BCUT2D eigenvalue weighted by Crippen LogP contribution is 2.33. The van der Waals surface area contributed by atoms with Gasteiger partial charge in [0, 0.05) is 34.9 Å². The summed E-state index contributed by atoms with van der Waals surface area (Å²) in [4.78, 5) is 11.6. The van der Waals surface area contributed by atoms with Crippen LogP contribution >= 0.6 is 0 Å². The monoisotopic (exact) mass is 360 g/mol. The van der Waals surface area contributed by atoms with Crippen molar-refractivity contribution < 1.29 is 14.2 Å². The molecule has 0 saturated carbocycles. The predicted octanol–water partition coefficient (Wildman–Crippen LogP) is 4.27. The molecule has 1 aliphatic heterocycles. The first-order chi connectivity index (χ1) is 13.3. The number of aromatic nitrogens is 3. The zero-order chi connectivity index (χ0) is 18.1. The van der Waals surface area contributed by atoms with Crippen molar-refractivity contribution in [3.63, 3.8) is 0 Å². The SMILES string of the molecule is c1nc(Nc2ccc3c(c2)OCCO3)cc(Oc2ccc3[nH]ccc3c2)n1. The number of benzene rings is 2. The van der Waals surface area contributed by atoms with Gasteiger partial charge in [-0.2, -0.15) is 0 Å². The van der Waals surface area contributed by atoms with Crippen LogP contribution in [0.15, 0.2) is 61.1 Å². The molecule has 0 saturated heterocycles. The second-order valence-electron chi connectivity index (χ2n) is 6.05. The lowest BCUT2D eigenvalue weighted by molar-refractivity contribution is 0.171. The number of fused-ring (bicyclic) bond motifs is 2. The first-order valence-corrected chi connectivity index (χ1v) is 8.57. The Morgan fingerprint density at radius 2 is 1.85 bits per heavy atom. The van der Waals surface area contributed by atoms with E-state index < -0.39 is 0 Å². The van der Waals surface area contributed by atoms with Gasteiger partial charge in [-0.05, 0) is 36.4 Å². The summed E-state index contributed by atoms with van der Waals surface area (Å²) in [5, 5.41) is 4.31. The molecule has 7 heteroatoms. The molecule has 0 atom stereocenters. The topological polar surface area (TPSA) is 81.3 Å². The number of hydrogen-bond donors (Lipinski definition) is 2. The number of H-pyrrole nitrogens is 1. The Balaban J connectivity index is 1.35. The van der Waals surface area contributed by atoms with E-state index in [4.69, 9.17) is 14.2 Å². The molecule has 7 nitrogen and oxygen atoms in total. The Hall–Kier alpha value is -3.74. The normalized spacial score (nSPS) is 12.7. The van der Waals surface area contributed by atoms with Gasteiger partial charge in [0.05, 0.1) is 0 Å². The summed E-state index contributed by atoms with van der Waals surface area (Å²) in [6.45, 7) is 1.12. The van der Waals surface area contributed by atoms with Crippen LogP contribution in [-0.2, 0) is 0 Å². The van der Waals surface area contributed by atoms with E-state index in [0.29, 0.717) is 30.7 Å². The summed E-state index contributed by atoms with van der Waals surface area (Å²) in [6.07, 6.45) is 3.36. The summed E-state index contributed by atoms with van der Waals surface area (Å²) in [7, 11) is 0. The largest absolute Gasteiger partial charge is 0.486 e. The standard InChI is InChI=1S/C20H16N4O3/c1-4-17-18(26-8-7-25-17)10-14(1)24-19-11-20(23-12-22-19)27-15-2-3-16-13(9-15)5-6-21-16/h1-6,9-12,21H,7-8H2,(H,22,23,24). The fourth-order valence-corrected chi connectivity index (χ4v) is 2.95. The van der Waals surface area contributed by atoms with Gasteiger partial charge in [0.25, 0.3) is 0 Å². The molecule has 0 bridgehead atoms. The van der Waals surface area contributed by atoms with Crippen LogP contribution in [0.3, 0.4) is 0 Å².